The summed E-state index contributed by atoms with van der Waals surface area (Å²) in [5.74, 6) is -1.54. The van der Waals surface area contributed by atoms with Crippen LogP contribution in [0.4, 0.5) is 4.79 Å². The highest BCUT2D eigenvalue weighted by atomic mass is 35.5. The number of aromatic nitrogens is 3. The van der Waals surface area contributed by atoms with Gasteiger partial charge in [0.15, 0.2) is 0 Å². The smallest absolute Gasteiger partial charge is 0.416 e. The molecule has 8 nitrogen and oxygen atoms in total. The van der Waals surface area contributed by atoms with Gasteiger partial charge in [-0.25, -0.2) is 14.4 Å². The highest BCUT2D eigenvalue weighted by molar-refractivity contribution is 6.35. The Kier molecular flexibility index (Phi) is 7.68. The van der Waals surface area contributed by atoms with Gasteiger partial charge < -0.3 is 9.84 Å². The summed E-state index contributed by atoms with van der Waals surface area (Å²) in [5, 5.41) is 18.9. The Morgan fingerprint density at radius 2 is 1.95 bits per heavy atom. The maximum Gasteiger partial charge on any atom is 0.416 e. The number of halogens is 1. The van der Waals surface area contributed by atoms with E-state index in [0.29, 0.717) is 29.1 Å². The third kappa shape index (κ3) is 5.02. The standard InChI is InChI=1S/C30H31ClN4O4/c1-4-34-25-13-12-24(27(31)28(25)32-33-34)26(21-11-10-18(2)22(15-21)16-36)19(3)29(37)35-23(17-39-30(35)38)14-20-8-6-5-7-9-20/h5-13,15,19,23,26,36H,4,14,16-17H2,1-3H3/t19-,23-,26+/m1/s1. The van der Waals surface area contributed by atoms with Gasteiger partial charge in [0.25, 0.3) is 0 Å². The lowest BCUT2D eigenvalue weighted by atomic mass is 9.79. The molecule has 0 saturated carbocycles. The number of nitrogens with zero attached hydrogens (tertiary/aromatic N) is 4. The van der Waals surface area contributed by atoms with Crippen LogP contribution >= 0.6 is 11.6 Å². The number of hydrogen-bond donors (Lipinski definition) is 1. The first-order valence-electron chi connectivity index (χ1n) is 13.1. The number of benzene rings is 3. The van der Waals surface area contributed by atoms with Gasteiger partial charge in [-0.15, -0.1) is 5.10 Å². The molecule has 0 aliphatic carbocycles. The van der Waals surface area contributed by atoms with Crippen LogP contribution in [0.25, 0.3) is 11.0 Å². The quantitative estimate of drug-likeness (QED) is 0.323. The van der Waals surface area contributed by atoms with E-state index in [9.17, 15) is 14.7 Å². The van der Waals surface area contributed by atoms with Crippen LogP contribution in [0.15, 0.2) is 60.7 Å². The lowest BCUT2D eigenvalue weighted by molar-refractivity contribution is -0.133. The Hall–Kier alpha value is -3.75. The summed E-state index contributed by atoms with van der Waals surface area (Å²) in [6.07, 6.45) is -0.138. The van der Waals surface area contributed by atoms with Crippen molar-refractivity contribution in [3.8, 4) is 0 Å². The van der Waals surface area contributed by atoms with Gasteiger partial charge in [0, 0.05) is 18.4 Å². The van der Waals surface area contributed by atoms with Gasteiger partial charge in [-0.1, -0.05) is 78.3 Å². The fourth-order valence-electron chi connectivity index (χ4n) is 5.42. The number of imide groups is 1. The van der Waals surface area contributed by atoms with Crippen LogP contribution in [0.3, 0.4) is 0 Å². The molecule has 4 aromatic rings. The molecule has 202 valence electrons. The number of aryl methyl sites for hydroxylation is 2. The summed E-state index contributed by atoms with van der Waals surface area (Å²) in [5.41, 5.74) is 5.58. The fourth-order valence-corrected chi connectivity index (χ4v) is 5.73. The Labute approximate surface area is 232 Å². The monoisotopic (exact) mass is 546 g/mol. The van der Waals surface area contributed by atoms with Gasteiger partial charge >= 0.3 is 6.09 Å². The van der Waals surface area contributed by atoms with Crippen molar-refractivity contribution in [3.05, 3.63) is 93.5 Å². The molecule has 0 radical (unpaired) electrons. The van der Waals surface area contributed by atoms with E-state index in [1.54, 1.807) is 11.6 Å². The summed E-state index contributed by atoms with van der Waals surface area (Å²) < 4.78 is 7.11. The van der Waals surface area contributed by atoms with Crippen LogP contribution < -0.4 is 0 Å². The normalized spacial score (nSPS) is 16.9. The zero-order valence-corrected chi connectivity index (χ0v) is 22.9. The molecule has 1 saturated heterocycles. The van der Waals surface area contributed by atoms with Crippen molar-refractivity contribution in [1.82, 2.24) is 19.9 Å². The number of aliphatic hydroxyl groups excluding tert-OH is 1. The Morgan fingerprint density at radius 1 is 1.18 bits per heavy atom. The Morgan fingerprint density at radius 3 is 2.67 bits per heavy atom. The minimum absolute atomic E-state index is 0.135. The topological polar surface area (TPSA) is 97.5 Å². The van der Waals surface area contributed by atoms with Crippen molar-refractivity contribution in [2.45, 2.75) is 52.3 Å². The first-order chi connectivity index (χ1) is 18.8. The summed E-state index contributed by atoms with van der Waals surface area (Å²) in [6, 6.07) is 18.9. The molecule has 5 rings (SSSR count). The average molecular weight is 547 g/mol. The second kappa shape index (κ2) is 11.2. The molecule has 1 fully saturated rings. The van der Waals surface area contributed by atoms with Crippen LogP contribution in [0.2, 0.25) is 5.02 Å². The summed E-state index contributed by atoms with van der Waals surface area (Å²) in [7, 11) is 0. The van der Waals surface area contributed by atoms with E-state index in [2.05, 4.69) is 10.3 Å². The van der Waals surface area contributed by atoms with Crippen LogP contribution in [0.5, 0.6) is 0 Å². The molecule has 2 amide bonds. The fraction of sp³-hybridized carbons (Fsp3) is 0.333. The van der Waals surface area contributed by atoms with Crippen LogP contribution in [0, 0.1) is 12.8 Å². The van der Waals surface area contributed by atoms with Gasteiger partial charge in [-0.3, -0.25) is 4.79 Å². The second-order valence-corrected chi connectivity index (χ2v) is 10.4. The minimum atomic E-state index is -0.681. The van der Waals surface area contributed by atoms with E-state index in [-0.39, 0.29) is 19.1 Å². The number of carbonyl (C=O) groups is 2. The number of aliphatic hydroxyl groups is 1. The third-order valence-corrected chi connectivity index (χ3v) is 7.99. The van der Waals surface area contributed by atoms with E-state index in [1.807, 2.05) is 74.5 Å². The number of fused-ring (bicyclic) bond motifs is 1. The van der Waals surface area contributed by atoms with Gasteiger partial charge in [0.05, 0.1) is 23.2 Å². The predicted molar refractivity (Wildman–Crippen MR) is 148 cm³/mol. The van der Waals surface area contributed by atoms with Crippen LogP contribution in [-0.2, 0) is 29.1 Å². The minimum Gasteiger partial charge on any atom is -0.447 e. The lowest BCUT2D eigenvalue weighted by Gasteiger charge is -2.30. The molecule has 39 heavy (non-hydrogen) atoms. The SMILES string of the molecule is CCn1nnc2c(Cl)c([C@H](c3ccc(C)c(CO)c3)[C@@H](C)C(=O)N3C(=O)OC[C@H]3Cc3ccccc3)ccc21. The number of hydrogen-bond acceptors (Lipinski definition) is 6. The first-order valence-corrected chi connectivity index (χ1v) is 13.5. The molecule has 1 aliphatic rings. The molecular formula is C30H31ClN4O4. The van der Waals surface area contributed by atoms with Gasteiger partial charge in [0.1, 0.15) is 12.1 Å². The molecule has 3 atom stereocenters. The number of rotatable bonds is 8. The van der Waals surface area contributed by atoms with Crippen molar-refractivity contribution in [2.24, 2.45) is 5.92 Å². The van der Waals surface area contributed by atoms with E-state index in [1.165, 1.54) is 4.90 Å². The summed E-state index contributed by atoms with van der Waals surface area (Å²) in [6.45, 7) is 6.35. The van der Waals surface area contributed by atoms with Gasteiger partial charge in [-0.05, 0) is 54.2 Å². The van der Waals surface area contributed by atoms with E-state index in [4.69, 9.17) is 16.3 Å². The number of amides is 2. The third-order valence-electron chi connectivity index (χ3n) is 7.59. The summed E-state index contributed by atoms with van der Waals surface area (Å²) in [4.78, 5) is 28.2. The van der Waals surface area contributed by atoms with E-state index < -0.39 is 24.0 Å². The average Bonchev–Trinajstić information content (AvgIpc) is 3.54. The maximum atomic E-state index is 14.1. The van der Waals surface area contributed by atoms with Crippen molar-refractivity contribution >= 4 is 34.6 Å². The Bertz CT molecular complexity index is 1520. The molecule has 1 N–H and O–H groups in total. The van der Waals surface area contributed by atoms with Crippen molar-refractivity contribution < 1.29 is 19.4 Å². The van der Waals surface area contributed by atoms with Crippen molar-refractivity contribution in [3.63, 3.8) is 0 Å². The molecule has 2 heterocycles. The van der Waals surface area contributed by atoms with Gasteiger partial charge in [-0.2, -0.15) is 0 Å². The van der Waals surface area contributed by atoms with Crippen LogP contribution in [-0.4, -0.2) is 49.6 Å². The van der Waals surface area contributed by atoms with Crippen molar-refractivity contribution in [1.29, 1.82) is 0 Å². The van der Waals surface area contributed by atoms with E-state index >= 15 is 0 Å². The lowest BCUT2D eigenvalue weighted by Crippen LogP contribution is -2.44. The molecule has 0 bridgehead atoms. The molecule has 3 aromatic carbocycles. The molecule has 0 unspecified atom stereocenters. The molecule has 9 heteroatoms. The largest absolute Gasteiger partial charge is 0.447 e. The molecule has 1 aromatic heterocycles. The van der Waals surface area contributed by atoms with Crippen molar-refractivity contribution in [2.75, 3.05) is 6.61 Å². The zero-order chi connectivity index (χ0) is 27.7. The van der Waals surface area contributed by atoms with Gasteiger partial charge in [0.2, 0.25) is 5.91 Å². The summed E-state index contributed by atoms with van der Waals surface area (Å²) >= 11 is 6.95. The predicted octanol–water partition coefficient (Wildman–Crippen LogP) is 5.26. The Balaban J connectivity index is 1.57. The number of carbonyl (C=O) groups excluding carboxylic acids is 2. The highest BCUT2D eigenvalue weighted by Crippen LogP contribution is 2.41. The number of ether oxygens (including phenoxy) is 1. The van der Waals surface area contributed by atoms with Crippen LogP contribution in [0.1, 0.15) is 47.6 Å². The number of cyclic esters (lactones) is 1. The first kappa shape index (κ1) is 26.8. The maximum absolute atomic E-state index is 14.1. The molecule has 1 aliphatic heterocycles. The second-order valence-electron chi connectivity index (χ2n) is 9.98. The highest BCUT2D eigenvalue weighted by Gasteiger charge is 2.42. The van der Waals surface area contributed by atoms with E-state index in [0.717, 1.165) is 27.8 Å². The molecule has 0 spiro atoms. The zero-order valence-electron chi connectivity index (χ0n) is 22.2. The molecular weight excluding hydrogens is 516 g/mol.